The summed E-state index contributed by atoms with van der Waals surface area (Å²) in [6.45, 7) is 1.19. The zero-order valence-corrected chi connectivity index (χ0v) is 17.1. The second-order valence-corrected chi connectivity index (χ2v) is 7.20. The number of nitrogens with one attached hydrogen (secondary N) is 2. The first-order valence-corrected chi connectivity index (χ1v) is 9.98. The number of hydrogen-bond donors (Lipinski definition) is 2. The number of hydrogen-bond acceptors (Lipinski definition) is 5. The summed E-state index contributed by atoms with van der Waals surface area (Å²) in [5.74, 6) is -0.927. The molecule has 0 aromatic heterocycles. The van der Waals surface area contributed by atoms with Crippen LogP contribution in [-0.4, -0.2) is 37.5 Å². The first-order valence-electron chi connectivity index (χ1n) is 9.98. The van der Waals surface area contributed by atoms with E-state index in [0.717, 1.165) is 24.8 Å². The van der Waals surface area contributed by atoms with E-state index < -0.39 is 18.0 Å². The quantitative estimate of drug-likeness (QED) is 0.685. The third-order valence-corrected chi connectivity index (χ3v) is 5.09. The number of esters is 1. The molecule has 0 bridgehead atoms. The zero-order valence-electron chi connectivity index (χ0n) is 17.1. The second-order valence-electron chi connectivity index (χ2n) is 7.20. The summed E-state index contributed by atoms with van der Waals surface area (Å²) >= 11 is 0. The molecule has 1 aliphatic rings. The molecule has 0 aliphatic heterocycles. The van der Waals surface area contributed by atoms with Crippen LogP contribution in [0.3, 0.4) is 0 Å². The lowest BCUT2D eigenvalue weighted by atomic mass is 9.87. The number of carbonyl (C=O) groups excluding carboxylic acids is 3. The fourth-order valence-electron chi connectivity index (χ4n) is 3.50. The largest absolute Gasteiger partial charge is 0.497 e. The summed E-state index contributed by atoms with van der Waals surface area (Å²) < 4.78 is 10.3. The molecule has 158 valence electrons. The van der Waals surface area contributed by atoms with Gasteiger partial charge in [-0.1, -0.05) is 30.3 Å². The van der Waals surface area contributed by atoms with Crippen molar-refractivity contribution in [1.82, 2.24) is 10.6 Å². The lowest BCUT2D eigenvalue weighted by Crippen LogP contribution is -2.41. The van der Waals surface area contributed by atoms with Crippen molar-refractivity contribution in [3.63, 3.8) is 0 Å². The molecule has 2 amide bonds. The third-order valence-electron chi connectivity index (χ3n) is 5.09. The van der Waals surface area contributed by atoms with E-state index in [9.17, 15) is 14.4 Å². The number of amides is 2. The Morgan fingerprint density at radius 3 is 2.73 bits per heavy atom. The predicted molar refractivity (Wildman–Crippen MR) is 111 cm³/mol. The highest BCUT2D eigenvalue weighted by Gasteiger charge is 2.25. The molecule has 2 aromatic rings. The Hall–Kier alpha value is -3.35. The molecule has 7 heteroatoms. The molecule has 2 atom stereocenters. The lowest BCUT2D eigenvalue weighted by molar-refractivity contribution is -0.154. The topological polar surface area (TPSA) is 93.7 Å². The minimum Gasteiger partial charge on any atom is -0.497 e. The van der Waals surface area contributed by atoms with Gasteiger partial charge in [-0.2, -0.15) is 0 Å². The Bertz CT molecular complexity index is 927. The van der Waals surface area contributed by atoms with E-state index in [4.69, 9.17) is 9.47 Å². The van der Waals surface area contributed by atoms with Crippen molar-refractivity contribution in [1.29, 1.82) is 0 Å². The van der Waals surface area contributed by atoms with Crippen LogP contribution < -0.4 is 15.4 Å². The first kappa shape index (κ1) is 21.4. The van der Waals surface area contributed by atoms with Gasteiger partial charge in [0.2, 0.25) is 0 Å². The number of fused-ring (bicyclic) bond motifs is 1. The van der Waals surface area contributed by atoms with Crippen LogP contribution in [0, 0.1) is 0 Å². The molecule has 2 aromatic carbocycles. The first-order chi connectivity index (χ1) is 14.5. The molecule has 0 heterocycles. The number of carbonyl (C=O) groups is 3. The molecule has 0 spiro atoms. The molecule has 0 unspecified atom stereocenters. The Kier molecular flexibility index (Phi) is 7.06. The van der Waals surface area contributed by atoms with Crippen LogP contribution in [0.2, 0.25) is 0 Å². The van der Waals surface area contributed by atoms with Crippen LogP contribution in [0.4, 0.5) is 0 Å². The summed E-state index contributed by atoms with van der Waals surface area (Å²) in [4.78, 5) is 36.7. The van der Waals surface area contributed by atoms with Crippen LogP contribution in [0.15, 0.2) is 48.5 Å². The van der Waals surface area contributed by atoms with Gasteiger partial charge >= 0.3 is 5.97 Å². The lowest BCUT2D eigenvalue weighted by Gasteiger charge is -2.27. The minimum atomic E-state index is -0.958. The summed E-state index contributed by atoms with van der Waals surface area (Å²) in [6.07, 6.45) is 1.88. The number of ether oxygens (including phenoxy) is 2. The van der Waals surface area contributed by atoms with E-state index in [0.29, 0.717) is 11.3 Å². The van der Waals surface area contributed by atoms with Gasteiger partial charge in [0.15, 0.2) is 6.10 Å². The van der Waals surface area contributed by atoms with Crippen molar-refractivity contribution in [3.05, 3.63) is 65.2 Å². The Balaban J connectivity index is 1.48. The molecule has 0 saturated heterocycles. The number of methoxy groups -OCH3 is 1. The minimum absolute atomic E-state index is 0.0867. The molecular formula is C23H26N2O5. The van der Waals surface area contributed by atoms with Gasteiger partial charge in [0.25, 0.3) is 11.8 Å². The smallest absolute Gasteiger partial charge is 0.326 e. The van der Waals surface area contributed by atoms with Crippen LogP contribution in [-0.2, 0) is 20.7 Å². The number of aryl methyl sites for hydroxylation is 1. The fraction of sp³-hybridized carbons (Fsp3) is 0.348. The second kappa shape index (κ2) is 9.91. The zero-order chi connectivity index (χ0) is 21.5. The van der Waals surface area contributed by atoms with Crippen LogP contribution in [0.5, 0.6) is 5.75 Å². The van der Waals surface area contributed by atoms with Crippen LogP contribution >= 0.6 is 0 Å². The molecule has 3 rings (SSSR count). The van der Waals surface area contributed by atoms with Gasteiger partial charge in [0.05, 0.1) is 13.2 Å². The van der Waals surface area contributed by atoms with Crippen molar-refractivity contribution in [2.45, 2.75) is 38.3 Å². The van der Waals surface area contributed by atoms with Crippen molar-refractivity contribution in [3.8, 4) is 5.75 Å². The third kappa shape index (κ3) is 5.37. The maximum atomic E-state index is 12.5. The summed E-state index contributed by atoms with van der Waals surface area (Å²) in [7, 11) is 1.51. The highest BCUT2D eigenvalue weighted by atomic mass is 16.5. The molecule has 1 aliphatic carbocycles. The normalized spacial score (nSPS) is 16.0. The number of rotatable bonds is 7. The SMILES string of the molecule is COc1cccc(C(=O)NCC(=O)O[C@@H](C)C(=O)N[C@H]2CCCc3ccccc32)c1. The molecule has 7 nitrogen and oxygen atoms in total. The van der Waals surface area contributed by atoms with Gasteiger partial charge in [0.1, 0.15) is 12.3 Å². The Morgan fingerprint density at radius 1 is 1.13 bits per heavy atom. The summed E-state index contributed by atoms with van der Waals surface area (Å²) in [5, 5.41) is 5.45. The standard InChI is InChI=1S/C23H26N2O5/c1-15(22(27)25-20-12-6-8-16-7-3-4-11-19(16)20)30-21(26)14-24-23(28)17-9-5-10-18(13-17)29-2/h3-5,7,9-11,13,15,20H,6,8,12,14H2,1-2H3,(H,24,28)(H,25,27)/t15-,20-/m0/s1. The average Bonchev–Trinajstić information content (AvgIpc) is 2.77. The molecular weight excluding hydrogens is 384 g/mol. The summed E-state index contributed by atoms with van der Waals surface area (Å²) in [6, 6.07) is 14.5. The van der Waals surface area contributed by atoms with Gasteiger partial charge < -0.3 is 20.1 Å². The van der Waals surface area contributed by atoms with Crippen molar-refractivity contribution in [2.75, 3.05) is 13.7 Å². The van der Waals surface area contributed by atoms with Gasteiger partial charge in [-0.15, -0.1) is 0 Å². The molecule has 0 saturated carbocycles. The van der Waals surface area contributed by atoms with Gasteiger partial charge in [-0.25, -0.2) is 0 Å². The Labute approximate surface area is 175 Å². The van der Waals surface area contributed by atoms with Crippen molar-refractivity contribution in [2.24, 2.45) is 0 Å². The fourth-order valence-corrected chi connectivity index (χ4v) is 3.50. The molecule has 0 radical (unpaired) electrons. The Morgan fingerprint density at radius 2 is 1.93 bits per heavy atom. The highest BCUT2D eigenvalue weighted by molar-refractivity contribution is 5.96. The monoisotopic (exact) mass is 410 g/mol. The molecule has 30 heavy (non-hydrogen) atoms. The van der Waals surface area contributed by atoms with Crippen LogP contribution in [0.1, 0.15) is 47.3 Å². The number of benzene rings is 2. The van der Waals surface area contributed by atoms with Crippen LogP contribution in [0.25, 0.3) is 0 Å². The van der Waals surface area contributed by atoms with E-state index >= 15 is 0 Å². The van der Waals surface area contributed by atoms with E-state index in [1.807, 2.05) is 18.2 Å². The highest BCUT2D eigenvalue weighted by Crippen LogP contribution is 2.29. The van der Waals surface area contributed by atoms with Gasteiger partial charge in [-0.05, 0) is 55.5 Å². The summed E-state index contributed by atoms with van der Waals surface area (Å²) in [5.41, 5.74) is 2.71. The van der Waals surface area contributed by atoms with Gasteiger partial charge in [-0.3, -0.25) is 14.4 Å². The maximum Gasteiger partial charge on any atom is 0.326 e. The van der Waals surface area contributed by atoms with E-state index in [1.165, 1.54) is 19.6 Å². The van der Waals surface area contributed by atoms with E-state index in [1.54, 1.807) is 24.3 Å². The van der Waals surface area contributed by atoms with Crippen molar-refractivity contribution < 1.29 is 23.9 Å². The molecule has 2 N–H and O–H groups in total. The van der Waals surface area contributed by atoms with E-state index in [2.05, 4.69) is 16.7 Å². The molecule has 0 fully saturated rings. The predicted octanol–water partition coefficient (Wildman–Crippen LogP) is 2.55. The average molecular weight is 410 g/mol. The van der Waals surface area contributed by atoms with E-state index in [-0.39, 0.29) is 18.5 Å². The maximum absolute atomic E-state index is 12.5. The van der Waals surface area contributed by atoms with Crippen molar-refractivity contribution >= 4 is 17.8 Å². The van der Waals surface area contributed by atoms with Gasteiger partial charge in [0, 0.05) is 5.56 Å².